The molecule has 1 heterocycles. The Morgan fingerprint density at radius 1 is 1.35 bits per heavy atom. The Bertz CT molecular complexity index is 529. The third kappa shape index (κ3) is 2.85. The summed E-state index contributed by atoms with van der Waals surface area (Å²) in [6, 6.07) is 9.78. The summed E-state index contributed by atoms with van der Waals surface area (Å²) in [6.07, 6.45) is 2.34. The van der Waals surface area contributed by atoms with Crippen molar-refractivity contribution in [2.45, 2.75) is 6.42 Å². The van der Waals surface area contributed by atoms with Gasteiger partial charge in [0.15, 0.2) is 0 Å². The molecule has 0 amide bonds. The molecule has 0 aliphatic rings. The zero-order valence-electron chi connectivity index (χ0n) is 9.11. The highest BCUT2D eigenvalue weighted by atomic mass is 19.1. The summed E-state index contributed by atoms with van der Waals surface area (Å²) < 4.78 is 18.1. The van der Waals surface area contributed by atoms with Crippen molar-refractivity contribution in [1.82, 2.24) is 0 Å². The number of nitriles is 1. The third-order valence-electron chi connectivity index (χ3n) is 2.37. The van der Waals surface area contributed by atoms with E-state index in [0.29, 0.717) is 17.8 Å². The number of hydrogen-bond acceptors (Lipinski definition) is 3. The lowest BCUT2D eigenvalue weighted by Crippen LogP contribution is -2.05. The normalized spacial score (nSPS) is 9.88. The molecule has 0 saturated carbocycles. The van der Waals surface area contributed by atoms with Gasteiger partial charge in [0.2, 0.25) is 0 Å². The Hall–Kier alpha value is -2.28. The summed E-state index contributed by atoms with van der Waals surface area (Å²) in [5.74, 6) is 0.469. The smallest absolute Gasteiger partial charge is 0.124 e. The van der Waals surface area contributed by atoms with Crippen LogP contribution >= 0.6 is 0 Å². The van der Waals surface area contributed by atoms with Crippen LogP contribution in [-0.4, -0.2) is 6.54 Å². The Morgan fingerprint density at radius 2 is 2.24 bits per heavy atom. The average molecular weight is 230 g/mol. The van der Waals surface area contributed by atoms with Gasteiger partial charge in [-0.25, -0.2) is 4.39 Å². The standard InChI is InChI=1S/C13H11FN2O/c14-11-3-4-13(10(8-11)9-15)16-6-5-12-2-1-7-17-12/h1-4,7-8,16H,5-6H2. The SMILES string of the molecule is N#Cc1cc(F)ccc1NCCc1ccco1. The highest BCUT2D eigenvalue weighted by Gasteiger charge is 2.03. The molecule has 0 fully saturated rings. The predicted octanol–water partition coefficient (Wildman–Crippen LogP) is 2.94. The number of rotatable bonds is 4. The molecule has 1 N–H and O–H groups in total. The van der Waals surface area contributed by atoms with E-state index >= 15 is 0 Å². The van der Waals surface area contributed by atoms with E-state index in [2.05, 4.69) is 5.32 Å². The summed E-state index contributed by atoms with van der Waals surface area (Å²) in [5, 5.41) is 11.9. The highest BCUT2D eigenvalue weighted by molar-refractivity contribution is 5.57. The van der Waals surface area contributed by atoms with Gasteiger partial charge in [-0.1, -0.05) is 0 Å². The van der Waals surface area contributed by atoms with Gasteiger partial charge in [0.05, 0.1) is 17.5 Å². The Labute approximate surface area is 98.5 Å². The van der Waals surface area contributed by atoms with Crippen molar-refractivity contribution in [2.75, 3.05) is 11.9 Å². The first-order valence-corrected chi connectivity index (χ1v) is 5.25. The molecule has 1 aromatic carbocycles. The second-order valence-corrected chi connectivity index (χ2v) is 3.56. The van der Waals surface area contributed by atoms with Crippen LogP contribution in [0.15, 0.2) is 41.0 Å². The number of nitrogens with zero attached hydrogens (tertiary/aromatic N) is 1. The maximum Gasteiger partial charge on any atom is 0.124 e. The molecule has 3 nitrogen and oxygen atoms in total. The first-order chi connectivity index (χ1) is 8.29. The summed E-state index contributed by atoms with van der Waals surface area (Å²) in [4.78, 5) is 0. The van der Waals surface area contributed by atoms with Crippen LogP contribution in [0.3, 0.4) is 0 Å². The van der Waals surface area contributed by atoms with Crippen LogP contribution in [0.1, 0.15) is 11.3 Å². The van der Waals surface area contributed by atoms with E-state index in [1.165, 1.54) is 12.1 Å². The van der Waals surface area contributed by atoms with E-state index in [1.54, 1.807) is 12.3 Å². The van der Waals surface area contributed by atoms with Crippen molar-refractivity contribution >= 4 is 5.69 Å². The van der Waals surface area contributed by atoms with Crippen molar-refractivity contribution in [1.29, 1.82) is 5.26 Å². The average Bonchev–Trinajstić information content (AvgIpc) is 2.84. The predicted molar refractivity (Wildman–Crippen MR) is 62.0 cm³/mol. The summed E-state index contributed by atoms with van der Waals surface area (Å²) in [5.41, 5.74) is 0.949. The molecule has 4 heteroatoms. The molecule has 0 aliphatic heterocycles. The summed E-state index contributed by atoms with van der Waals surface area (Å²) in [6.45, 7) is 0.633. The van der Waals surface area contributed by atoms with E-state index in [1.807, 2.05) is 18.2 Å². The molecule has 0 unspecified atom stereocenters. The van der Waals surface area contributed by atoms with E-state index in [0.717, 1.165) is 12.2 Å². The monoisotopic (exact) mass is 230 g/mol. The number of nitrogens with one attached hydrogen (secondary N) is 1. The summed E-state index contributed by atoms with van der Waals surface area (Å²) >= 11 is 0. The maximum atomic E-state index is 12.9. The zero-order valence-corrected chi connectivity index (χ0v) is 9.11. The summed E-state index contributed by atoms with van der Waals surface area (Å²) in [7, 11) is 0. The highest BCUT2D eigenvalue weighted by Crippen LogP contribution is 2.15. The van der Waals surface area contributed by atoms with Crippen molar-refractivity contribution in [2.24, 2.45) is 0 Å². The molecule has 0 bridgehead atoms. The fourth-order valence-corrected chi connectivity index (χ4v) is 1.54. The van der Waals surface area contributed by atoms with Crippen molar-refractivity contribution in [3.8, 4) is 6.07 Å². The minimum Gasteiger partial charge on any atom is -0.469 e. The van der Waals surface area contributed by atoms with Crippen LogP contribution in [0.25, 0.3) is 0 Å². The van der Waals surface area contributed by atoms with Crippen LogP contribution in [0, 0.1) is 17.1 Å². The molecule has 0 aliphatic carbocycles. The lowest BCUT2D eigenvalue weighted by atomic mass is 10.2. The van der Waals surface area contributed by atoms with Gasteiger partial charge in [0, 0.05) is 13.0 Å². The van der Waals surface area contributed by atoms with E-state index in [9.17, 15) is 4.39 Å². The lowest BCUT2D eigenvalue weighted by Gasteiger charge is -2.06. The van der Waals surface area contributed by atoms with Crippen LogP contribution in [0.4, 0.5) is 10.1 Å². The van der Waals surface area contributed by atoms with Gasteiger partial charge in [-0.2, -0.15) is 5.26 Å². The van der Waals surface area contributed by atoms with E-state index in [4.69, 9.17) is 9.68 Å². The molecule has 0 spiro atoms. The van der Waals surface area contributed by atoms with E-state index < -0.39 is 5.82 Å². The van der Waals surface area contributed by atoms with Crippen molar-refractivity contribution < 1.29 is 8.81 Å². The second kappa shape index (κ2) is 5.17. The van der Waals surface area contributed by atoms with Crippen LogP contribution < -0.4 is 5.32 Å². The molecule has 86 valence electrons. The molecule has 0 atom stereocenters. The van der Waals surface area contributed by atoms with Crippen LogP contribution in [0.2, 0.25) is 0 Å². The number of furan rings is 1. The largest absolute Gasteiger partial charge is 0.469 e. The molecule has 17 heavy (non-hydrogen) atoms. The quantitative estimate of drug-likeness (QED) is 0.878. The number of benzene rings is 1. The Kier molecular flexibility index (Phi) is 3.41. The number of hydrogen-bond donors (Lipinski definition) is 1. The van der Waals surface area contributed by atoms with Crippen LogP contribution in [0.5, 0.6) is 0 Å². The van der Waals surface area contributed by atoms with Gasteiger partial charge >= 0.3 is 0 Å². The number of anilines is 1. The van der Waals surface area contributed by atoms with Gasteiger partial charge < -0.3 is 9.73 Å². The fraction of sp³-hybridized carbons (Fsp3) is 0.154. The van der Waals surface area contributed by atoms with Gasteiger partial charge in [-0.05, 0) is 30.3 Å². The lowest BCUT2D eigenvalue weighted by molar-refractivity contribution is 0.513. The Morgan fingerprint density at radius 3 is 2.94 bits per heavy atom. The van der Waals surface area contributed by atoms with Gasteiger partial charge in [-0.3, -0.25) is 0 Å². The molecule has 0 saturated heterocycles. The minimum atomic E-state index is -0.405. The third-order valence-corrected chi connectivity index (χ3v) is 2.37. The minimum absolute atomic E-state index is 0.310. The van der Waals surface area contributed by atoms with Gasteiger partial charge in [0.1, 0.15) is 17.6 Å². The van der Waals surface area contributed by atoms with Crippen LogP contribution in [-0.2, 0) is 6.42 Å². The van der Waals surface area contributed by atoms with Gasteiger partial charge in [-0.15, -0.1) is 0 Å². The number of halogens is 1. The topological polar surface area (TPSA) is 49.0 Å². The molecule has 1 aromatic heterocycles. The zero-order chi connectivity index (χ0) is 12.1. The molecule has 2 aromatic rings. The Balaban J connectivity index is 1.97. The molecular weight excluding hydrogens is 219 g/mol. The first-order valence-electron chi connectivity index (χ1n) is 5.25. The fourth-order valence-electron chi connectivity index (χ4n) is 1.54. The van der Waals surface area contributed by atoms with E-state index in [-0.39, 0.29) is 0 Å². The second-order valence-electron chi connectivity index (χ2n) is 3.56. The van der Waals surface area contributed by atoms with Crippen molar-refractivity contribution in [3.63, 3.8) is 0 Å². The first kappa shape index (κ1) is 11.2. The van der Waals surface area contributed by atoms with Gasteiger partial charge in [0.25, 0.3) is 0 Å². The van der Waals surface area contributed by atoms with Crippen molar-refractivity contribution in [3.05, 3.63) is 53.7 Å². The molecule has 2 rings (SSSR count). The maximum absolute atomic E-state index is 12.9. The molecule has 0 radical (unpaired) electrons. The molecular formula is C13H11FN2O.